The average Bonchev–Trinajstić information content (AvgIpc) is 2.43. The Hall–Kier alpha value is -1.22. The Balaban J connectivity index is 3.03. The molecule has 1 aromatic carbocycles. The van der Waals surface area contributed by atoms with Crippen LogP contribution in [0.1, 0.15) is 45.2 Å². The first-order chi connectivity index (χ1) is 8.65. The van der Waals surface area contributed by atoms with Gasteiger partial charge >= 0.3 is 0 Å². The van der Waals surface area contributed by atoms with Crippen molar-refractivity contribution in [3.05, 3.63) is 23.8 Å². The Labute approximate surface area is 110 Å². The minimum absolute atomic E-state index is 0.264. The van der Waals surface area contributed by atoms with Crippen LogP contribution in [-0.4, -0.2) is 20.3 Å². The predicted octanol–water partition coefficient (Wildman–Crippen LogP) is 3.54. The van der Waals surface area contributed by atoms with Crippen molar-refractivity contribution >= 4 is 0 Å². The van der Waals surface area contributed by atoms with Crippen LogP contribution >= 0.6 is 0 Å². The van der Waals surface area contributed by atoms with Gasteiger partial charge in [-0.2, -0.15) is 0 Å². The van der Waals surface area contributed by atoms with Crippen LogP contribution in [0.2, 0.25) is 0 Å². The normalized spacial score (nSPS) is 12.6. The number of ether oxygens (including phenoxy) is 2. The van der Waals surface area contributed by atoms with E-state index in [2.05, 4.69) is 32.2 Å². The molecule has 0 aromatic heterocycles. The fourth-order valence-corrected chi connectivity index (χ4v) is 1.89. The monoisotopic (exact) mass is 251 g/mol. The fourth-order valence-electron chi connectivity index (χ4n) is 1.89. The Bertz CT molecular complexity index is 362. The van der Waals surface area contributed by atoms with E-state index in [1.54, 1.807) is 7.11 Å². The van der Waals surface area contributed by atoms with E-state index in [1.165, 1.54) is 5.56 Å². The maximum absolute atomic E-state index is 6.09. The first-order valence-corrected chi connectivity index (χ1v) is 6.68. The summed E-state index contributed by atoms with van der Waals surface area (Å²) in [7, 11) is 3.63. The molecule has 0 aliphatic heterocycles. The molecule has 102 valence electrons. The number of nitrogens with one attached hydrogen (secondary N) is 1. The van der Waals surface area contributed by atoms with Gasteiger partial charge in [-0.25, -0.2) is 0 Å². The average molecular weight is 251 g/mol. The van der Waals surface area contributed by atoms with Gasteiger partial charge in [-0.1, -0.05) is 19.9 Å². The highest BCUT2D eigenvalue weighted by Crippen LogP contribution is 2.30. The lowest BCUT2D eigenvalue weighted by molar-refractivity contribution is 0.189. The summed E-state index contributed by atoms with van der Waals surface area (Å²) in [5.41, 5.74) is 1.17. The van der Waals surface area contributed by atoms with Crippen molar-refractivity contribution in [2.24, 2.45) is 0 Å². The SMILES string of the molecule is CCC(CC)Oc1cc(OC)ccc1C(C)NC. The minimum Gasteiger partial charge on any atom is -0.497 e. The smallest absolute Gasteiger partial charge is 0.128 e. The van der Waals surface area contributed by atoms with Gasteiger partial charge in [-0.3, -0.25) is 0 Å². The van der Waals surface area contributed by atoms with Gasteiger partial charge in [-0.05, 0) is 32.9 Å². The molecule has 1 rings (SSSR count). The maximum atomic E-state index is 6.09. The number of benzene rings is 1. The predicted molar refractivity (Wildman–Crippen MR) is 75.5 cm³/mol. The van der Waals surface area contributed by atoms with Gasteiger partial charge in [-0.15, -0.1) is 0 Å². The van der Waals surface area contributed by atoms with Crippen molar-refractivity contribution in [1.82, 2.24) is 5.32 Å². The van der Waals surface area contributed by atoms with Crippen molar-refractivity contribution in [3.63, 3.8) is 0 Å². The van der Waals surface area contributed by atoms with E-state index >= 15 is 0 Å². The molecule has 1 aromatic rings. The van der Waals surface area contributed by atoms with E-state index in [9.17, 15) is 0 Å². The highest BCUT2D eigenvalue weighted by molar-refractivity contribution is 5.42. The molecule has 0 fully saturated rings. The second-order valence-corrected chi connectivity index (χ2v) is 4.47. The molecule has 1 unspecified atom stereocenters. The largest absolute Gasteiger partial charge is 0.497 e. The summed E-state index contributed by atoms with van der Waals surface area (Å²) in [5.74, 6) is 1.76. The van der Waals surface area contributed by atoms with Crippen molar-refractivity contribution in [2.75, 3.05) is 14.2 Å². The van der Waals surface area contributed by atoms with Gasteiger partial charge in [0.1, 0.15) is 11.5 Å². The standard InChI is InChI=1S/C15H25NO2/c1-6-12(7-2)18-15-10-13(17-5)8-9-14(15)11(3)16-4/h8-12,16H,6-7H2,1-5H3. The van der Waals surface area contributed by atoms with E-state index in [4.69, 9.17) is 9.47 Å². The Morgan fingerprint density at radius 1 is 1.22 bits per heavy atom. The molecule has 0 aliphatic rings. The molecule has 0 spiro atoms. The lowest BCUT2D eigenvalue weighted by Crippen LogP contribution is -2.18. The van der Waals surface area contributed by atoms with Gasteiger partial charge in [0.05, 0.1) is 13.2 Å². The molecule has 0 heterocycles. The second kappa shape index (κ2) is 7.27. The molecule has 3 heteroatoms. The van der Waals surface area contributed by atoms with Gasteiger partial charge in [0.2, 0.25) is 0 Å². The highest BCUT2D eigenvalue weighted by atomic mass is 16.5. The molecule has 0 saturated heterocycles. The van der Waals surface area contributed by atoms with Crippen LogP contribution in [0.5, 0.6) is 11.5 Å². The van der Waals surface area contributed by atoms with Crippen LogP contribution < -0.4 is 14.8 Å². The maximum Gasteiger partial charge on any atom is 0.128 e. The third kappa shape index (κ3) is 3.64. The number of hydrogen-bond donors (Lipinski definition) is 1. The summed E-state index contributed by atoms with van der Waals surface area (Å²) in [5, 5.41) is 3.25. The molecule has 0 radical (unpaired) electrons. The summed E-state index contributed by atoms with van der Waals surface area (Å²) in [6.45, 7) is 6.42. The van der Waals surface area contributed by atoms with Crippen LogP contribution in [0, 0.1) is 0 Å². The Morgan fingerprint density at radius 3 is 2.39 bits per heavy atom. The third-order valence-corrected chi connectivity index (χ3v) is 3.32. The summed E-state index contributed by atoms with van der Waals surface area (Å²) in [6.07, 6.45) is 2.29. The van der Waals surface area contributed by atoms with E-state index < -0.39 is 0 Å². The molecule has 0 amide bonds. The fraction of sp³-hybridized carbons (Fsp3) is 0.600. The number of hydrogen-bond acceptors (Lipinski definition) is 3. The summed E-state index contributed by atoms with van der Waals surface area (Å²) in [4.78, 5) is 0. The van der Waals surface area contributed by atoms with Gasteiger partial charge < -0.3 is 14.8 Å². The molecular formula is C15H25NO2. The van der Waals surface area contributed by atoms with Crippen molar-refractivity contribution in [2.45, 2.75) is 45.8 Å². The molecule has 0 bridgehead atoms. The number of rotatable bonds is 7. The molecule has 1 N–H and O–H groups in total. The van der Waals surface area contributed by atoms with Crippen molar-refractivity contribution in [1.29, 1.82) is 0 Å². The number of methoxy groups -OCH3 is 1. The van der Waals surface area contributed by atoms with E-state index in [0.717, 1.165) is 24.3 Å². The molecule has 3 nitrogen and oxygen atoms in total. The van der Waals surface area contributed by atoms with Crippen LogP contribution in [-0.2, 0) is 0 Å². The lowest BCUT2D eigenvalue weighted by Gasteiger charge is -2.21. The zero-order chi connectivity index (χ0) is 13.5. The quantitative estimate of drug-likeness (QED) is 0.804. The van der Waals surface area contributed by atoms with Gasteiger partial charge in [0.25, 0.3) is 0 Å². The van der Waals surface area contributed by atoms with Crippen LogP contribution in [0.15, 0.2) is 18.2 Å². The van der Waals surface area contributed by atoms with Gasteiger partial charge in [0.15, 0.2) is 0 Å². The third-order valence-electron chi connectivity index (χ3n) is 3.32. The van der Waals surface area contributed by atoms with E-state index in [-0.39, 0.29) is 12.1 Å². The lowest BCUT2D eigenvalue weighted by atomic mass is 10.1. The zero-order valence-electron chi connectivity index (χ0n) is 12.1. The summed E-state index contributed by atoms with van der Waals surface area (Å²) in [6, 6.07) is 6.28. The van der Waals surface area contributed by atoms with Crippen molar-refractivity contribution in [3.8, 4) is 11.5 Å². The topological polar surface area (TPSA) is 30.5 Å². The Morgan fingerprint density at radius 2 is 1.89 bits per heavy atom. The van der Waals surface area contributed by atoms with Crippen LogP contribution in [0.25, 0.3) is 0 Å². The van der Waals surface area contributed by atoms with E-state index in [0.29, 0.717) is 0 Å². The highest BCUT2D eigenvalue weighted by Gasteiger charge is 2.14. The Kier molecular flexibility index (Phi) is 5.99. The first kappa shape index (κ1) is 14.8. The first-order valence-electron chi connectivity index (χ1n) is 6.68. The molecule has 18 heavy (non-hydrogen) atoms. The van der Waals surface area contributed by atoms with E-state index in [1.807, 2.05) is 19.2 Å². The van der Waals surface area contributed by atoms with Gasteiger partial charge in [0, 0.05) is 17.7 Å². The van der Waals surface area contributed by atoms with Crippen LogP contribution in [0.4, 0.5) is 0 Å². The summed E-state index contributed by atoms with van der Waals surface area (Å²) < 4.78 is 11.4. The molecule has 0 saturated carbocycles. The zero-order valence-corrected chi connectivity index (χ0v) is 12.1. The molecule has 0 aliphatic carbocycles. The second-order valence-electron chi connectivity index (χ2n) is 4.47. The van der Waals surface area contributed by atoms with Crippen LogP contribution in [0.3, 0.4) is 0 Å². The minimum atomic E-state index is 0.264. The van der Waals surface area contributed by atoms with Crippen molar-refractivity contribution < 1.29 is 9.47 Å². The molecule has 1 atom stereocenters. The molecular weight excluding hydrogens is 226 g/mol. The summed E-state index contributed by atoms with van der Waals surface area (Å²) >= 11 is 0.